The topological polar surface area (TPSA) is 95.9 Å². The van der Waals surface area contributed by atoms with Crippen LogP contribution < -0.4 is 4.90 Å². The first-order chi connectivity index (χ1) is 17.6. The SMILES string of the molecule is COCCCN1C(=O)c2ccc(C(=O)N3CCN(c4ccc(-c5ccccc5)nn4)CC3)cc2C1=O. The smallest absolute Gasteiger partial charge is 0.261 e. The van der Waals surface area contributed by atoms with Gasteiger partial charge in [-0.05, 0) is 36.8 Å². The number of imide groups is 1. The minimum absolute atomic E-state index is 0.152. The van der Waals surface area contributed by atoms with Crippen LogP contribution in [0.4, 0.5) is 5.82 Å². The van der Waals surface area contributed by atoms with E-state index < -0.39 is 0 Å². The Morgan fingerprint density at radius 2 is 1.64 bits per heavy atom. The van der Waals surface area contributed by atoms with E-state index in [2.05, 4.69) is 15.1 Å². The van der Waals surface area contributed by atoms with Gasteiger partial charge in [0.1, 0.15) is 0 Å². The standard InChI is InChI=1S/C27H27N5O4/c1-36-17-5-12-32-26(34)21-9-8-20(18-22(21)27(32)35)25(33)31-15-13-30(14-16-31)24-11-10-23(28-29-24)19-6-3-2-4-7-19/h2-4,6-11,18H,5,12-17H2,1H3. The number of fused-ring (bicyclic) bond motifs is 1. The lowest BCUT2D eigenvalue weighted by Crippen LogP contribution is -2.49. The highest BCUT2D eigenvalue weighted by Crippen LogP contribution is 2.25. The lowest BCUT2D eigenvalue weighted by Gasteiger charge is -2.35. The number of carbonyl (C=O) groups excluding carboxylic acids is 3. The molecule has 0 aliphatic carbocycles. The van der Waals surface area contributed by atoms with Gasteiger partial charge in [0.25, 0.3) is 17.7 Å². The number of aromatic nitrogens is 2. The number of ether oxygens (including phenoxy) is 1. The summed E-state index contributed by atoms with van der Waals surface area (Å²) in [4.78, 5) is 43.7. The van der Waals surface area contributed by atoms with Crippen LogP contribution in [0.15, 0.2) is 60.7 Å². The number of rotatable bonds is 7. The summed E-state index contributed by atoms with van der Waals surface area (Å²) in [6.07, 6.45) is 0.567. The van der Waals surface area contributed by atoms with Crippen LogP contribution in [0.2, 0.25) is 0 Å². The zero-order valence-electron chi connectivity index (χ0n) is 20.1. The maximum absolute atomic E-state index is 13.2. The van der Waals surface area contributed by atoms with Gasteiger partial charge >= 0.3 is 0 Å². The van der Waals surface area contributed by atoms with Gasteiger partial charge in [0.15, 0.2) is 5.82 Å². The summed E-state index contributed by atoms with van der Waals surface area (Å²) < 4.78 is 5.02. The van der Waals surface area contributed by atoms with Gasteiger partial charge in [-0.1, -0.05) is 30.3 Å². The highest BCUT2D eigenvalue weighted by Gasteiger charge is 2.36. The molecule has 1 aromatic heterocycles. The van der Waals surface area contributed by atoms with Gasteiger partial charge in [-0.2, -0.15) is 0 Å². The second-order valence-corrected chi connectivity index (χ2v) is 8.79. The molecule has 2 aliphatic heterocycles. The zero-order valence-corrected chi connectivity index (χ0v) is 20.1. The fourth-order valence-corrected chi connectivity index (χ4v) is 4.57. The molecule has 0 unspecified atom stereocenters. The predicted octanol–water partition coefficient (Wildman–Crippen LogP) is 2.74. The van der Waals surface area contributed by atoms with Crippen LogP contribution in [0.5, 0.6) is 0 Å². The Labute approximate surface area is 209 Å². The lowest BCUT2D eigenvalue weighted by molar-refractivity contribution is 0.0638. The molecule has 0 bridgehead atoms. The van der Waals surface area contributed by atoms with E-state index >= 15 is 0 Å². The van der Waals surface area contributed by atoms with Crippen LogP contribution in [0, 0.1) is 0 Å². The van der Waals surface area contributed by atoms with Crippen molar-refractivity contribution in [3.63, 3.8) is 0 Å². The first-order valence-electron chi connectivity index (χ1n) is 12.0. The van der Waals surface area contributed by atoms with E-state index in [1.165, 1.54) is 4.90 Å². The van der Waals surface area contributed by atoms with Crippen LogP contribution in [-0.2, 0) is 4.74 Å². The largest absolute Gasteiger partial charge is 0.385 e. The Hall–Kier alpha value is -4.11. The van der Waals surface area contributed by atoms with E-state index in [4.69, 9.17) is 4.74 Å². The van der Waals surface area contributed by atoms with Crippen LogP contribution >= 0.6 is 0 Å². The molecule has 0 N–H and O–H groups in total. The molecule has 3 amide bonds. The molecule has 0 spiro atoms. The number of anilines is 1. The molecule has 3 heterocycles. The first kappa shape index (κ1) is 23.6. The van der Waals surface area contributed by atoms with Gasteiger partial charge in [0.2, 0.25) is 0 Å². The molecule has 1 fully saturated rings. The second kappa shape index (κ2) is 10.2. The predicted molar refractivity (Wildman–Crippen MR) is 134 cm³/mol. The average Bonchev–Trinajstić information content (AvgIpc) is 3.17. The van der Waals surface area contributed by atoms with Crippen LogP contribution in [0.3, 0.4) is 0 Å². The molecule has 9 heteroatoms. The summed E-state index contributed by atoms with van der Waals surface area (Å²) in [5.41, 5.74) is 2.87. The Kier molecular flexibility index (Phi) is 6.73. The molecule has 3 aromatic rings. The van der Waals surface area contributed by atoms with Gasteiger partial charge in [-0.3, -0.25) is 19.3 Å². The highest BCUT2D eigenvalue weighted by molar-refractivity contribution is 6.22. The fraction of sp³-hybridized carbons (Fsp3) is 0.296. The third kappa shape index (κ3) is 4.57. The van der Waals surface area contributed by atoms with Crippen LogP contribution in [-0.4, -0.2) is 84.2 Å². The third-order valence-electron chi connectivity index (χ3n) is 6.56. The van der Waals surface area contributed by atoms with Gasteiger partial charge in [-0.25, -0.2) is 0 Å². The Bertz CT molecular complexity index is 1270. The average molecular weight is 486 g/mol. The summed E-state index contributed by atoms with van der Waals surface area (Å²) >= 11 is 0. The minimum atomic E-state index is -0.358. The molecule has 2 aromatic carbocycles. The minimum Gasteiger partial charge on any atom is -0.385 e. The van der Waals surface area contributed by atoms with Crippen molar-refractivity contribution in [3.8, 4) is 11.3 Å². The van der Waals surface area contributed by atoms with Gasteiger partial charge in [-0.15, -0.1) is 10.2 Å². The number of benzene rings is 2. The quantitative estimate of drug-likeness (QED) is 0.375. The maximum Gasteiger partial charge on any atom is 0.261 e. The fourth-order valence-electron chi connectivity index (χ4n) is 4.57. The number of nitrogens with zero attached hydrogens (tertiary/aromatic N) is 5. The van der Waals surface area contributed by atoms with Crippen molar-refractivity contribution in [2.24, 2.45) is 0 Å². The molecule has 9 nitrogen and oxygen atoms in total. The Morgan fingerprint density at radius 1 is 0.889 bits per heavy atom. The number of carbonyl (C=O) groups is 3. The highest BCUT2D eigenvalue weighted by atomic mass is 16.5. The van der Waals surface area contributed by atoms with Crippen molar-refractivity contribution in [2.75, 3.05) is 51.3 Å². The maximum atomic E-state index is 13.2. The van der Waals surface area contributed by atoms with E-state index in [0.717, 1.165) is 17.1 Å². The second-order valence-electron chi connectivity index (χ2n) is 8.79. The number of methoxy groups -OCH3 is 1. The molecule has 1 saturated heterocycles. The van der Waals surface area contributed by atoms with Crippen molar-refractivity contribution in [2.45, 2.75) is 6.42 Å². The molecule has 0 atom stereocenters. The summed E-state index contributed by atoms with van der Waals surface area (Å²) in [6.45, 7) is 3.05. The number of amides is 3. The van der Waals surface area contributed by atoms with E-state index in [0.29, 0.717) is 56.9 Å². The van der Waals surface area contributed by atoms with Crippen molar-refractivity contribution < 1.29 is 19.1 Å². The summed E-state index contributed by atoms with van der Waals surface area (Å²) in [7, 11) is 1.58. The molecular formula is C27H27N5O4. The van der Waals surface area contributed by atoms with Crippen molar-refractivity contribution >= 4 is 23.5 Å². The molecule has 0 saturated carbocycles. The zero-order chi connectivity index (χ0) is 25.1. The van der Waals surface area contributed by atoms with E-state index in [9.17, 15) is 14.4 Å². The molecular weight excluding hydrogens is 458 g/mol. The molecule has 184 valence electrons. The van der Waals surface area contributed by atoms with Gasteiger partial charge < -0.3 is 14.5 Å². The van der Waals surface area contributed by atoms with Crippen molar-refractivity contribution in [1.29, 1.82) is 0 Å². The summed E-state index contributed by atoms with van der Waals surface area (Å²) in [5, 5.41) is 8.75. The molecule has 5 rings (SSSR count). The molecule has 2 aliphatic rings. The molecule has 0 radical (unpaired) electrons. The Morgan fingerprint density at radius 3 is 2.33 bits per heavy atom. The summed E-state index contributed by atoms with van der Waals surface area (Å²) in [5.74, 6) is -0.0563. The first-order valence-corrected chi connectivity index (χ1v) is 12.0. The van der Waals surface area contributed by atoms with E-state index in [-0.39, 0.29) is 23.3 Å². The van der Waals surface area contributed by atoms with Gasteiger partial charge in [0, 0.05) is 57.6 Å². The van der Waals surface area contributed by atoms with Crippen LogP contribution in [0.25, 0.3) is 11.3 Å². The summed E-state index contributed by atoms with van der Waals surface area (Å²) in [6, 6.07) is 18.6. The van der Waals surface area contributed by atoms with E-state index in [1.54, 1.807) is 30.2 Å². The van der Waals surface area contributed by atoms with Crippen LogP contribution in [0.1, 0.15) is 37.5 Å². The normalized spacial score (nSPS) is 15.4. The van der Waals surface area contributed by atoms with Crippen molar-refractivity contribution in [3.05, 3.63) is 77.4 Å². The van der Waals surface area contributed by atoms with E-state index in [1.807, 2.05) is 42.5 Å². The third-order valence-corrected chi connectivity index (χ3v) is 6.56. The number of hydrogen-bond donors (Lipinski definition) is 0. The Balaban J connectivity index is 1.22. The van der Waals surface area contributed by atoms with Gasteiger partial charge in [0.05, 0.1) is 16.8 Å². The molecule has 36 heavy (non-hydrogen) atoms. The lowest BCUT2D eigenvalue weighted by atomic mass is 10.0. The monoisotopic (exact) mass is 485 g/mol. The number of hydrogen-bond acceptors (Lipinski definition) is 7. The number of piperazine rings is 1. The van der Waals surface area contributed by atoms with Crippen molar-refractivity contribution in [1.82, 2.24) is 20.0 Å².